The molecular formula is C9H20N2O3. The SMILES string of the molecule is COCC(O)CCNCC(C)C(N)=O. The number of carbonyl (C=O) groups is 1. The highest BCUT2D eigenvalue weighted by molar-refractivity contribution is 5.76. The molecule has 1 amide bonds. The van der Waals surface area contributed by atoms with E-state index in [1.807, 2.05) is 0 Å². The number of nitrogens with one attached hydrogen (secondary N) is 1. The summed E-state index contributed by atoms with van der Waals surface area (Å²) >= 11 is 0. The summed E-state index contributed by atoms with van der Waals surface area (Å²) in [6, 6.07) is 0. The van der Waals surface area contributed by atoms with Crippen LogP contribution in [0, 0.1) is 5.92 Å². The number of nitrogens with two attached hydrogens (primary N) is 1. The number of amides is 1. The Morgan fingerprint density at radius 1 is 1.64 bits per heavy atom. The molecule has 0 aromatic rings. The quantitative estimate of drug-likeness (QED) is 0.447. The van der Waals surface area contributed by atoms with Gasteiger partial charge in [0.2, 0.25) is 5.91 Å². The number of aliphatic hydroxyl groups excluding tert-OH is 1. The van der Waals surface area contributed by atoms with Crippen LogP contribution in [0.2, 0.25) is 0 Å². The lowest BCUT2D eigenvalue weighted by molar-refractivity contribution is -0.121. The summed E-state index contributed by atoms with van der Waals surface area (Å²) in [4.78, 5) is 10.6. The maximum atomic E-state index is 10.6. The average Bonchev–Trinajstić information content (AvgIpc) is 2.12. The van der Waals surface area contributed by atoms with E-state index < -0.39 is 6.10 Å². The summed E-state index contributed by atoms with van der Waals surface area (Å²) in [6.07, 6.45) is 0.163. The number of carbonyl (C=O) groups excluding carboxylic acids is 1. The summed E-state index contributed by atoms with van der Waals surface area (Å²) in [5, 5.41) is 12.3. The Balaban J connectivity index is 3.33. The van der Waals surface area contributed by atoms with Crippen LogP contribution in [-0.2, 0) is 9.53 Å². The van der Waals surface area contributed by atoms with Gasteiger partial charge in [-0.2, -0.15) is 0 Å². The molecule has 2 unspecified atom stereocenters. The number of hydrogen-bond acceptors (Lipinski definition) is 4. The first-order valence-corrected chi connectivity index (χ1v) is 4.75. The predicted octanol–water partition coefficient (Wildman–Crippen LogP) is -0.905. The minimum atomic E-state index is -0.448. The van der Waals surface area contributed by atoms with Crippen molar-refractivity contribution in [1.29, 1.82) is 0 Å². The van der Waals surface area contributed by atoms with Gasteiger partial charge < -0.3 is 20.9 Å². The lowest BCUT2D eigenvalue weighted by Crippen LogP contribution is -2.32. The molecule has 14 heavy (non-hydrogen) atoms. The van der Waals surface area contributed by atoms with E-state index in [4.69, 9.17) is 10.5 Å². The number of ether oxygens (including phenoxy) is 1. The second-order valence-corrected chi connectivity index (χ2v) is 3.41. The molecule has 0 saturated carbocycles. The van der Waals surface area contributed by atoms with E-state index >= 15 is 0 Å². The fraction of sp³-hybridized carbons (Fsp3) is 0.889. The smallest absolute Gasteiger partial charge is 0.221 e. The van der Waals surface area contributed by atoms with Gasteiger partial charge in [0.1, 0.15) is 0 Å². The van der Waals surface area contributed by atoms with Gasteiger partial charge in [-0.05, 0) is 13.0 Å². The number of hydrogen-bond donors (Lipinski definition) is 3. The van der Waals surface area contributed by atoms with Crippen LogP contribution in [0.1, 0.15) is 13.3 Å². The van der Waals surface area contributed by atoms with Crippen LogP contribution in [0.4, 0.5) is 0 Å². The summed E-state index contributed by atoms with van der Waals surface area (Å²) in [7, 11) is 1.55. The van der Waals surface area contributed by atoms with Crippen LogP contribution in [0.25, 0.3) is 0 Å². The normalized spacial score (nSPS) is 15.1. The van der Waals surface area contributed by atoms with E-state index in [0.29, 0.717) is 26.1 Å². The van der Waals surface area contributed by atoms with Crippen molar-refractivity contribution in [2.75, 3.05) is 26.8 Å². The maximum Gasteiger partial charge on any atom is 0.221 e. The third-order valence-corrected chi connectivity index (χ3v) is 1.95. The zero-order valence-electron chi connectivity index (χ0n) is 8.82. The van der Waals surface area contributed by atoms with E-state index in [9.17, 15) is 9.90 Å². The van der Waals surface area contributed by atoms with Crippen LogP contribution < -0.4 is 11.1 Å². The molecule has 0 bridgehead atoms. The van der Waals surface area contributed by atoms with E-state index in [2.05, 4.69) is 5.32 Å². The molecule has 2 atom stereocenters. The maximum absolute atomic E-state index is 10.6. The molecule has 0 rings (SSSR count). The monoisotopic (exact) mass is 204 g/mol. The number of aliphatic hydroxyl groups is 1. The van der Waals surface area contributed by atoms with Crippen molar-refractivity contribution in [3.8, 4) is 0 Å². The Morgan fingerprint density at radius 2 is 2.29 bits per heavy atom. The Bertz CT molecular complexity index is 164. The van der Waals surface area contributed by atoms with Crippen LogP contribution in [0.3, 0.4) is 0 Å². The topological polar surface area (TPSA) is 84.6 Å². The fourth-order valence-electron chi connectivity index (χ4n) is 0.964. The third-order valence-electron chi connectivity index (χ3n) is 1.95. The minimum absolute atomic E-state index is 0.172. The molecule has 5 nitrogen and oxygen atoms in total. The van der Waals surface area contributed by atoms with Crippen molar-refractivity contribution in [3.05, 3.63) is 0 Å². The Morgan fingerprint density at radius 3 is 2.79 bits per heavy atom. The zero-order valence-corrected chi connectivity index (χ0v) is 8.82. The zero-order chi connectivity index (χ0) is 11.0. The van der Waals surface area contributed by atoms with E-state index in [1.165, 1.54) is 0 Å². The highest BCUT2D eigenvalue weighted by Crippen LogP contribution is 1.92. The van der Waals surface area contributed by atoms with Gasteiger partial charge in [-0.15, -0.1) is 0 Å². The molecule has 0 saturated heterocycles. The minimum Gasteiger partial charge on any atom is -0.391 e. The highest BCUT2D eigenvalue weighted by Gasteiger charge is 2.08. The summed E-state index contributed by atoms with van der Waals surface area (Å²) < 4.78 is 4.77. The summed E-state index contributed by atoms with van der Waals surface area (Å²) in [5.41, 5.74) is 5.08. The van der Waals surface area contributed by atoms with E-state index in [1.54, 1.807) is 14.0 Å². The molecule has 0 fully saturated rings. The van der Waals surface area contributed by atoms with Gasteiger partial charge in [-0.1, -0.05) is 6.92 Å². The predicted molar refractivity (Wildman–Crippen MR) is 53.7 cm³/mol. The van der Waals surface area contributed by atoms with Crippen LogP contribution in [-0.4, -0.2) is 43.9 Å². The molecule has 0 heterocycles. The van der Waals surface area contributed by atoms with Gasteiger partial charge in [0.05, 0.1) is 12.7 Å². The third kappa shape index (κ3) is 6.82. The van der Waals surface area contributed by atoms with Crippen LogP contribution >= 0.6 is 0 Å². The Labute approximate surface area is 84.6 Å². The van der Waals surface area contributed by atoms with Gasteiger partial charge in [-0.3, -0.25) is 4.79 Å². The molecule has 4 N–H and O–H groups in total. The largest absolute Gasteiger partial charge is 0.391 e. The standard InChI is InChI=1S/C9H20N2O3/c1-7(9(10)13)5-11-4-3-8(12)6-14-2/h7-8,11-12H,3-6H2,1-2H3,(H2,10,13). The van der Waals surface area contributed by atoms with Crippen molar-refractivity contribution in [2.45, 2.75) is 19.4 Å². The fourth-order valence-corrected chi connectivity index (χ4v) is 0.964. The Kier molecular flexibility index (Phi) is 7.37. The first-order valence-electron chi connectivity index (χ1n) is 4.75. The molecule has 5 heteroatoms. The molecule has 0 aliphatic heterocycles. The van der Waals surface area contributed by atoms with Gasteiger partial charge in [0, 0.05) is 19.6 Å². The lowest BCUT2D eigenvalue weighted by atomic mass is 10.1. The molecule has 84 valence electrons. The first-order chi connectivity index (χ1) is 6.57. The van der Waals surface area contributed by atoms with E-state index in [-0.39, 0.29) is 11.8 Å². The second-order valence-electron chi connectivity index (χ2n) is 3.41. The highest BCUT2D eigenvalue weighted by atomic mass is 16.5. The number of rotatable bonds is 8. The molecule has 0 aliphatic carbocycles. The van der Waals surface area contributed by atoms with E-state index in [0.717, 1.165) is 0 Å². The van der Waals surface area contributed by atoms with Crippen molar-refractivity contribution in [3.63, 3.8) is 0 Å². The van der Waals surface area contributed by atoms with Gasteiger partial charge >= 0.3 is 0 Å². The van der Waals surface area contributed by atoms with Crippen LogP contribution in [0.5, 0.6) is 0 Å². The lowest BCUT2D eigenvalue weighted by Gasteiger charge is -2.11. The van der Waals surface area contributed by atoms with Crippen molar-refractivity contribution < 1.29 is 14.6 Å². The second kappa shape index (κ2) is 7.73. The first kappa shape index (κ1) is 13.4. The molecule has 0 aliphatic rings. The van der Waals surface area contributed by atoms with Crippen molar-refractivity contribution in [1.82, 2.24) is 5.32 Å². The van der Waals surface area contributed by atoms with Crippen molar-refractivity contribution >= 4 is 5.91 Å². The molecule has 0 spiro atoms. The molecule has 0 aromatic carbocycles. The molecule has 0 aromatic heterocycles. The average molecular weight is 204 g/mol. The van der Waals surface area contributed by atoms with Gasteiger partial charge in [-0.25, -0.2) is 0 Å². The van der Waals surface area contributed by atoms with Crippen LogP contribution in [0.15, 0.2) is 0 Å². The van der Waals surface area contributed by atoms with Gasteiger partial charge in [0.15, 0.2) is 0 Å². The Hall–Kier alpha value is -0.650. The molecular weight excluding hydrogens is 184 g/mol. The summed E-state index contributed by atoms with van der Waals surface area (Å²) in [5.74, 6) is -0.482. The molecule has 0 radical (unpaired) electrons. The van der Waals surface area contributed by atoms with Crippen molar-refractivity contribution in [2.24, 2.45) is 11.7 Å². The summed E-state index contributed by atoms with van der Waals surface area (Å²) in [6.45, 7) is 3.31. The number of primary amides is 1. The number of methoxy groups -OCH3 is 1. The van der Waals surface area contributed by atoms with Gasteiger partial charge in [0.25, 0.3) is 0 Å².